The minimum Gasteiger partial charge on any atom is -0.389 e. The lowest BCUT2D eigenvalue weighted by Crippen LogP contribution is -2.48. The maximum atomic E-state index is 10.5. The van der Waals surface area contributed by atoms with E-state index in [4.69, 9.17) is 4.74 Å². The van der Waals surface area contributed by atoms with Crippen molar-refractivity contribution in [2.75, 3.05) is 32.8 Å². The Bertz CT molecular complexity index is 617. The zero-order valence-corrected chi connectivity index (χ0v) is 18.0. The number of nitrogens with zero attached hydrogens (tertiary/aromatic N) is 1. The van der Waals surface area contributed by atoms with Gasteiger partial charge in [0, 0.05) is 6.54 Å². The molecular weight excluding hydrogens is 358 g/mol. The smallest absolute Gasteiger partial charge is 0.0900 e. The second kappa shape index (κ2) is 8.69. The molecule has 3 nitrogen and oxygen atoms in total. The van der Waals surface area contributed by atoms with Gasteiger partial charge in [0.25, 0.3) is 0 Å². The van der Waals surface area contributed by atoms with Crippen LogP contribution in [0.25, 0.3) is 0 Å². The Balaban J connectivity index is 1.01. The fourth-order valence-electron chi connectivity index (χ4n) is 7.55. The van der Waals surface area contributed by atoms with Crippen LogP contribution >= 0.6 is 0 Å². The fourth-order valence-corrected chi connectivity index (χ4v) is 7.55. The van der Waals surface area contributed by atoms with Crippen molar-refractivity contribution >= 4 is 0 Å². The first-order valence-electron chi connectivity index (χ1n) is 12.2. The van der Waals surface area contributed by atoms with Crippen LogP contribution in [0.3, 0.4) is 0 Å². The highest BCUT2D eigenvalue weighted by Crippen LogP contribution is 2.60. The minimum absolute atomic E-state index is 0.338. The van der Waals surface area contributed by atoms with Crippen molar-refractivity contribution in [1.82, 2.24) is 4.90 Å². The van der Waals surface area contributed by atoms with Crippen LogP contribution in [-0.2, 0) is 11.2 Å². The summed E-state index contributed by atoms with van der Waals surface area (Å²) in [5, 5.41) is 10.5. The Hall–Kier alpha value is -0.900. The quantitative estimate of drug-likeness (QED) is 0.699. The number of likely N-dealkylation sites (tertiary alicyclic amines) is 1. The average molecular weight is 398 g/mol. The molecule has 4 saturated carbocycles. The molecule has 1 N–H and O–H groups in total. The van der Waals surface area contributed by atoms with Crippen molar-refractivity contribution in [1.29, 1.82) is 0 Å². The van der Waals surface area contributed by atoms with E-state index in [-0.39, 0.29) is 6.10 Å². The lowest BCUT2D eigenvalue weighted by Gasteiger charge is -2.56. The number of aliphatic hydroxyl groups is 1. The van der Waals surface area contributed by atoms with E-state index < -0.39 is 0 Å². The van der Waals surface area contributed by atoms with Gasteiger partial charge in [0.05, 0.1) is 19.3 Å². The zero-order chi connectivity index (χ0) is 19.7. The summed E-state index contributed by atoms with van der Waals surface area (Å²) in [5.41, 5.74) is 1.92. The van der Waals surface area contributed by atoms with Crippen LogP contribution in [0, 0.1) is 29.1 Å². The largest absolute Gasteiger partial charge is 0.389 e. The highest BCUT2D eigenvalue weighted by Gasteiger charge is 2.50. The van der Waals surface area contributed by atoms with Gasteiger partial charge >= 0.3 is 0 Å². The molecule has 5 fully saturated rings. The zero-order valence-electron chi connectivity index (χ0n) is 18.0. The molecule has 1 aromatic rings. The third-order valence-electron chi connectivity index (χ3n) is 8.43. The molecule has 0 aromatic heterocycles. The molecular formula is C26H39NO2. The summed E-state index contributed by atoms with van der Waals surface area (Å²) in [7, 11) is 0. The van der Waals surface area contributed by atoms with E-state index in [2.05, 4.69) is 35.2 Å². The predicted molar refractivity (Wildman–Crippen MR) is 117 cm³/mol. The number of hydrogen-bond donors (Lipinski definition) is 1. The predicted octanol–water partition coefficient (Wildman–Crippen LogP) is 4.54. The molecule has 1 aliphatic heterocycles. The Labute approximate surface area is 176 Å². The fraction of sp³-hybridized carbons (Fsp3) is 0.769. The number of piperidine rings is 1. The highest BCUT2D eigenvalue weighted by molar-refractivity contribution is 5.15. The van der Waals surface area contributed by atoms with Crippen LogP contribution < -0.4 is 0 Å². The van der Waals surface area contributed by atoms with E-state index in [0.717, 1.165) is 49.9 Å². The summed E-state index contributed by atoms with van der Waals surface area (Å²) in [6.45, 7) is 4.42. The molecule has 0 spiro atoms. The number of rotatable bonds is 8. The standard InChI is InChI=1S/C26H39NO2/c28-25(17-27-8-6-21(7-9-27)10-20-4-2-1-3-5-20)18-29-19-26-14-22-11-23(15-26)13-24(12-22)16-26/h1-5,21-25,28H,6-19H2/t22?,23?,24?,25-,26?/m1/s1. The lowest BCUT2D eigenvalue weighted by molar-refractivity contribution is -0.107. The van der Waals surface area contributed by atoms with Gasteiger partial charge in [0.1, 0.15) is 0 Å². The minimum atomic E-state index is -0.338. The van der Waals surface area contributed by atoms with Gasteiger partial charge in [-0.25, -0.2) is 0 Å². The molecule has 1 atom stereocenters. The molecule has 1 aromatic carbocycles. The van der Waals surface area contributed by atoms with Crippen LogP contribution in [0.4, 0.5) is 0 Å². The van der Waals surface area contributed by atoms with Gasteiger partial charge in [-0.3, -0.25) is 0 Å². The first kappa shape index (κ1) is 20.0. The van der Waals surface area contributed by atoms with E-state index in [0.29, 0.717) is 12.0 Å². The van der Waals surface area contributed by atoms with Crippen molar-refractivity contribution in [3.8, 4) is 0 Å². The number of β-amino-alcohol motifs (C(OH)–C–C–N with tert-alkyl or cyclic N) is 1. The first-order valence-corrected chi connectivity index (χ1v) is 12.2. The monoisotopic (exact) mass is 397 g/mol. The summed E-state index contributed by atoms with van der Waals surface area (Å²) >= 11 is 0. The summed E-state index contributed by atoms with van der Waals surface area (Å²) in [6, 6.07) is 10.9. The maximum absolute atomic E-state index is 10.5. The van der Waals surface area contributed by atoms with Crippen molar-refractivity contribution < 1.29 is 9.84 Å². The topological polar surface area (TPSA) is 32.7 Å². The Kier molecular flexibility index (Phi) is 6.00. The molecule has 0 unspecified atom stereocenters. The average Bonchev–Trinajstić information content (AvgIpc) is 2.69. The van der Waals surface area contributed by atoms with Crippen LogP contribution in [0.2, 0.25) is 0 Å². The van der Waals surface area contributed by atoms with Crippen LogP contribution in [0.5, 0.6) is 0 Å². The SMILES string of the molecule is O[C@@H](COCC12CC3CC(CC(C3)C1)C2)CN1CCC(Cc2ccccc2)CC1. The molecule has 6 rings (SSSR count). The van der Waals surface area contributed by atoms with Gasteiger partial charge in [-0.05, 0) is 106 Å². The molecule has 1 saturated heterocycles. The van der Waals surface area contributed by atoms with Gasteiger partial charge in [-0.2, -0.15) is 0 Å². The van der Waals surface area contributed by atoms with Gasteiger partial charge in [0.2, 0.25) is 0 Å². The number of ether oxygens (including phenoxy) is 1. The van der Waals surface area contributed by atoms with E-state index in [1.807, 2.05) is 0 Å². The lowest BCUT2D eigenvalue weighted by atomic mass is 9.50. The molecule has 160 valence electrons. The highest BCUT2D eigenvalue weighted by atomic mass is 16.5. The van der Waals surface area contributed by atoms with E-state index in [9.17, 15) is 5.11 Å². The van der Waals surface area contributed by atoms with Crippen molar-refractivity contribution in [2.45, 2.75) is 63.9 Å². The van der Waals surface area contributed by atoms with E-state index in [1.54, 1.807) is 0 Å². The molecule has 29 heavy (non-hydrogen) atoms. The second-order valence-corrected chi connectivity index (χ2v) is 11.0. The van der Waals surface area contributed by atoms with Gasteiger partial charge in [-0.15, -0.1) is 0 Å². The van der Waals surface area contributed by atoms with Gasteiger partial charge < -0.3 is 14.7 Å². The van der Waals surface area contributed by atoms with E-state index in [1.165, 1.54) is 63.4 Å². The van der Waals surface area contributed by atoms with Gasteiger partial charge in [-0.1, -0.05) is 30.3 Å². The van der Waals surface area contributed by atoms with Crippen LogP contribution in [0.1, 0.15) is 56.9 Å². The normalized spacial score (nSPS) is 35.8. The summed E-state index contributed by atoms with van der Waals surface area (Å²) in [5.74, 6) is 3.73. The third-order valence-corrected chi connectivity index (χ3v) is 8.43. The summed E-state index contributed by atoms with van der Waals surface area (Å²) in [6.07, 6.45) is 12.0. The molecule has 0 amide bonds. The maximum Gasteiger partial charge on any atom is 0.0900 e. The van der Waals surface area contributed by atoms with Crippen molar-refractivity contribution in [3.63, 3.8) is 0 Å². The molecule has 4 aliphatic carbocycles. The Morgan fingerprint density at radius 2 is 1.59 bits per heavy atom. The molecule has 5 aliphatic rings. The van der Waals surface area contributed by atoms with Gasteiger partial charge in [0.15, 0.2) is 0 Å². The molecule has 4 bridgehead atoms. The number of benzene rings is 1. The van der Waals surface area contributed by atoms with Crippen LogP contribution in [0.15, 0.2) is 30.3 Å². The van der Waals surface area contributed by atoms with E-state index >= 15 is 0 Å². The Morgan fingerprint density at radius 3 is 2.21 bits per heavy atom. The number of hydrogen-bond acceptors (Lipinski definition) is 3. The first-order chi connectivity index (χ1) is 14.2. The molecule has 3 heteroatoms. The Morgan fingerprint density at radius 1 is 0.966 bits per heavy atom. The molecule has 1 heterocycles. The van der Waals surface area contributed by atoms with Crippen LogP contribution in [-0.4, -0.2) is 49.0 Å². The molecule has 0 radical (unpaired) electrons. The second-order valence-electron chi connectivity index (χ2n) is 11.0. The van der Waals surface area contributed by atoms with Crippen molar-refractivity contribution in [2.24, 2.45) is 29.1 Å². The summed E-state index contributed by atoms with van der Waals surface area (Å²) in [4.78, 5) is 2.44. The third kappa shape index (κ3) is 4.89. The number of aliphatic hydroxyl groups excluding tert-OH is 1. The van der Waals surface area contributed by atoms with Crippen molar-refractivity contribution in [3.05, 3.63) is 35.9 Å². The summed E-state index contributed by atoms with van der Waals surface area (Å²) < 4.78 is 6.15.